The van der Waals surface area contributed by atoms with Crippen molar-refractivity contribution in [3.63, 3.8) is 0 Å². The van der Waals surface area contributed by atoms with Gasteiger partial charge in [-0.05, 0) is 65.6 Å². The first-order valence-corrected chi connectivity index (χ1v) is 6.53. The van der Waals surface area contributed by atoms with Gasteiger partial charge < -0.3 is 9.80 Å². The molecule has 15 heavy (non-hydrogen) atoms. The first-order chi connectivity index (χ1) is 7.16. The predicted molar refractivity (Wildman–Crippen MR) is 65.1 cm³/mol. The van der Waals surface area contributed by atoms with Crippen molar-refractivity contribution >= 4 is 0 Å². The van der Waals surface area contributed by atoms with Crippen molar-refractivity contribution in [2.45, 2.75) is 50.6 Å². The lowest BCUT2D eigenvalue weighted by atomic mass is 9.89. The molecule has 0 bridgehead atoms. The van der Waals surface area contributed by atoms with E-state index in [0.29, 0.717) is 0 Å². The molecule has 2 heteroatoms. The highest BCUT2D eigenvalue weighted by Gasteiger charge is 2.29. The quantitative estimate of drug-likeness (QED) is 0.702. The van der Waals surface area contributed by atoms with Crippen molar-refractivity contribution in [1.29, 1.82) is 0 Å². The summed E-state index contributed by atoms with van der Waals surface area (Å²) in [5, 5.41) is 0. The molecule has 0 N–H and O–H groups in total. The second-order valence-electron chi connectivity index (χ2n) is 5.81. The van der Waals surface area contributed by atoms with Gasteiger partial charge in [0.15, 0.2) is 0 Å². The Morgan fingerprint density at radius 1 is 0.800 bits per heavy atom. The summed E-state index contributed by atoms with van der Waals surface area (Å²) in [6.07, 6.45) is 8.58. The molecule has 0 saturated heterocycles. The lowest BCUT2D eigenvalue weighted by Gasteiger charge is -2.37. The Kier molecular flexibility index (Phi) is 3.68. The lowest BCUT2D eigenvalue weighted by molar-refractivity contribution is 0.135. The fourth-order valence-electron chi connectivity index (χ4n) is 2.87. The summed E-state index contributed by atoms with van der Waals surface area (Å²) in [5.74, 6) is 1.04. The minimum Gasteiger partial charge on any atom is -0.306 e. The molecule has 2 fully saturated rings. The summed E-state index contributed by atoms with van der Waals surface area (Å²) < 4.78 is 0. The summed E-state index contributed by atoms with van der Waals surface area (Å²) in [7, 11) is 6.77. The molecular formula is C13H26N2. The maximum Gasteiger partial charge on any atom is 0.00934 e. The Morgan fingerprint density at radius 2 is 1.33 bits per heavy atom. The van der Waals surface area contributed by atoms with Gasteiger partial charge in [-0.15, -0.1) is 0 Å². The van der Waals surface area contributed by atoms with Crippen LogP contribution >= 0.6 is 0 Å². The van der Waals surface area contributed by atoms with Crippen LogP contribution in [0.5, 0.6) is 0 Å². The van der Waals surface area contributed by atoms with E-state index < -0.39 is 0 Å². The minimum absolute atomic E-state index is 0.843. The van der Waals surface area contributed by atoms with Gasteiger partial charge in [0.05, 0.1) is 0 Å². The van der Waals surface area contributed by atoms with Crippen LogP contribution < -0.4 is 0 Å². The summed E-state index contributed by atoms with van der Waals surface area (Å²) in [4.78, 5) is 5.03. The minimum atomic E-state index is 0.843. The average Bonchev–Trinajstić information content (AvgIpc) is 3.02. The van der Waals surface area contributed by atoms with E-state index >= 15 is 0 Å². The molecule has 88 valence electrons. The number of hydrogen-bond acceptors (Lipinski definition) is 2. The Balaban J connectivity index is 1.71. The van der Waals surface area contributed by atoms with Crippen LogP contribution in [0.4, 0.5) is 0 Å². The molecule has 2 saturated carbocycles. The Hall–Kier alpha value is -0.0800. The molecule has 0 aromatic heterocycles. The van der Waals surface area contributed by atoms with Crippen molar-refractivity contribution in [3.05, 3.63) is 0 Å². The molecule has 0 atom stereocenters. The van der Waals surface area contributed by atoms with Crippen molar-refractivity contribution in [1.82, 2.24) is 9.80 Å². The van der Waals surface area contributed by atoms with E-state index in [1.807, 2.05) is 0 Å². The third-order valence-corrected chi connectivity index (χ3v) is 4.26. The van der Waals surface area contributed by atoms with Gasteiger partial charge in [0.1, 0.15) is 0 Å². The van der Waals surface area contributed by atoms with E-state index in [2.05, 4.69) is 30.9 Å². The van der Waals surface area contributed by atoms with Gasteiger partial charge in [-0.3, -0.25) is 0 Å². The van der Waals surface area contributed by atoms with E-state index in [-0.39, 0.29) is 0 Å². The maximum absolute atomic E-state index is 2.63. The van der Waals surface area contributed by atoms with Gasteiger partial charge in [-0.1, -0.05) is 0 Å². The van der Waals surface area contributed by atoms with E-state index in [9.17, 15) is 0 Å². The monoisotopic (exact) mass is 210 g/mol. The normalized spacial score (nSPS) is 32.6. The summed E-state index contributed by atoms with van der Waals surface area (Å²) in [6, 6.07) is 1.72. The molecule has 0 unspecified atom stereocenters. The number of nitrogens with zero attached hydrogens (tertiary/aromatic N) is 2. The molecule has 2 nitrogen and oxygen atoms in total. The molecule has 0 amide bonds. The first kappa shape index (κ1) is 11.4. The summed E-state index contributed by atoms with van der Waals surface area (Å²) >= 11 is 0. The van der Waals surface area contributed by atoms with Crippen molar-refractivity contribution in [3.8, 4) is 0 Å². The van der Waals surface area contributed by atoms with Crippen LogP contribution in [-0.4, -0.2) is 49.6 Å². The standard InChI is InChI=1S/C13H26N2/c1-14(2)12-6-8-13(9-7-12)15(3)10-11-4-5-11/h11-13H,4-10H2,1-3H3/t12-,13+. The van der Waals surface area contributed by atoms with Crippen molar-refractivity contribution in [2.24, 2.45) is 5.92 Å². The van der Waals surface area contributed by atoms with Gasteiger partial charge in [0.2, 0.25) is 0 Å². The Morgan fingerprint density at radius 3 is 1.80 bits per heavy atom. The van der Waals surface area contributed by atoms with Crippen LogP contribution in [0.2, 0.25) is 0 Å². The molecule has 2 aliphatic carbocycles. The third-order valence-electron chi connectivity index (χ3n) is 4.26. The highest BCUT2D eigenvalue weighted by atomic mass is 15.1. The lowest BCUT2D eigenvalue weighted by Crippen LogP contribution is -2.41. The molecule has 0 aromatic rings. The van der Waals surface area contributed by atoms with Crippen LogP contribution in [0.1, 0.15) is 38.5 Å². The van der Waals surface area contributed by atoms with Crippen LogP contribution in [0.25, 0.3) is 0 Å². The van der Waals surface area contributed by atoms with Crippen LogP contribution in [0, 0.1) is 5.92 Å². The SMILES string of the molecule is CN(C)[C@H]1CC[C@@H](N(C)CC2CC2)CC1. The zero-order valence-corrected chi connectivity index (χ0v) is 10.6. The van der Waals surface area contributed by atoms with Gasteiger partial charge in [-0.25, -0.2) is 0 Å². The zero-order chi connectivity index (χ0) is 10.8. The van der Waals surface area contributed by atoms with Gasteiger partial charge in [-0.2, -0.15) is 0 Å². The van der Waals surface area contributed by atoms with Crippen LogP contribution in [-0.2, 0) is 0 Å². The van der Waals surface area contributed by atoms with Gasteiger partial charge >= 0.3 is 0 Å². The zero-order valence-electron chi connectivity index (χ0n) is 10.6. The predicted octanol–water partition coefficient (Wildman–Crippen LogP) is 2.20. The van der Waals surface area contributed by atoms with Gasteiger partial charge in [0, 0.05) is 18.6 Å². The number of hydrogen-bond donors (Lipinski definition) is 0. The topological polar surface area (TPSA) is 6.48 Å². The van der Waals surface area contributed by atoms with E-state index in [1.165, 1.54) is 45.1 Å². The molecule has 0 aliphatic heterocycles. The van der Waals surface area contributed by atoms with Crippen molar-refractivity contribution < 1.29 is 0 Å². The molecule has 2 rings (SSSR count). The van der Waals surface area contributed by atoms with E-state index in [0.717, 1.165) is 18.0 Å². The molecule has 0 radical (unpaired) electrons. The molecular weight excluding hydrogens is 184 g/mol. The van der Waals surface area contributed by atoms with E-state index in [1.54, 1.807) is 0 Å². The highest BCUT2D eigenvalue weighted by Crippen LogP contribution is 2.32. The second kappa shape index (κ2) is 4.84. The smallest absolute Gasteiger partial charge is 0.00934 e. The second-order valence-corrected chi connectivity index (χ2v) is 5.81. The molecule has 0 heterocycles. The van der Waals surface area contributed by atoms with E-state index in [4.69, 9.17) is 0 Å². The number of rotatable bonds is 4. The Bertz CT molecular complexity index is 191. The third kappa shape index (κ3) is 3.18. The summed E-state index contributed by atoms with van der Waals surface area (Å²) in [5.41, 5.74) is 0. The highest BCUT2D eigenvalue weighted by molar-refractivity contribution is 4.84. The van der Waals surface area contributed by atoms with Crippen LogP contribution in [0.15, 0.2) is 0 Å². The fraction of sp³-hybridized carbons (Fsp3) is 1.00. The van der Waals surface area contributed by atoms with Gasteiger partial charge in [0.25, 0.3) is 0 Å². The maximum atomic E-state index is 2.63. The van der Waals surface area contributed by atoms with Crippen LogP contribution in [0.3, 0.4) is 0 Å². The Labute approximate surface area is 94.6 Å². The average molecular weight is 210 g/mol. The first-order valence-electron chi connectivity index (χ1n) is 6.53. The fourth-order valence-corrected chi connectivity index (χ4v) is 2.87. The van der Waals surface area contributed by atoms with Crippen molar-refractivity contribution in [2.75, 3.05) is 27.7 Å². The summed E-state index contributed by atoms with van der Waals surface area (Å²) in [6.45, 7) is 1.36. The largest absolute Gasteiger partial charge is 0.306 e. The molecule has 0 aromatic carbocycles. The molecule has 2 aliphatic rings. The molecule has 0 spiro atoms.